The van der Waals surface area contributed by atoms with Gasteiger partial charge >= 0.3 is 5.97 Å². The van der Waals surface area contributed by atoms with Gasteiger partial charge in [-0.05, 0) is 27.2 Å². The van der Waals surface area contributed by atoms with Crippen molar-refractivity contribution in [2.24, 2.45) is 5.41 Å². The molecule has 1 fully saturated rings. The number of aldehydes is 1. The highest BCUT2D eigenvalue weighted by atomic mass is 16.6. The molecule has 0 aliphatic carbocycles. The van der Waals surface area contributed by atoms with Gasteiger partial charge in [0.15, 0.2) is 5.78 Å². The monoisotopic (exact) mass is 212 g/mol. The summed E-state index contributed by atoms with van der Waals surface area (Å²) in [7, 11) is 0. The Balaban J connectivity index is 2.86. The van der Waals surface area contributed by atoms with Crippen LogP contribution in [0.4, 0.5) is 0 Å². The average Bonchev–Trinajstić information content (AvgIpc) is 2.10. The first-order chi connectivity index (χ1) is 6.82. The van der Waals surface area contributed by atoms with Crippen molar-refractivity contribution in [1.29, 1.82) is 0 Å². The smallest absolute Gasteiger partial charge is 0.319 e. The lowest BCUT2D eigenvalue weighted by Gasteiger charge is -2.38. The van der Waals surface area contributed by atoms with Crippen molar-refractivity contribution < 1.29 is 19.1 Å². The Bertz CT molecular complexity index is 284. The van der Waals surface area contributed by atoms with Crippen LogP contribution in [-0.4, -0.2) is 23.6 Å². The second kappa shape index (κ2) is 3.76. The van der Waals surface area contributed by atoms with Crippen LogP contribution in [0.1, 0.15) is 40.0 Å². The van der Waals surface area contributed by atoms with Crippen LogP contribution in [0.2, 0.25) is 0 Å². The molecule has 0 amide bonds. The number of Topliss-reactive ketones (excluding diaryl/α,β-unsaturated/α-hetero) is 1. The first-order valence-electron chi connectivity index (χ1n) is 5.02. The summed E-state index contributed by atoms with van der Waals surface area (Å²) in [5.74, 6) is -0.642. The van der Waals surface area contributed by atoms with E-state index in [2.05, 4.69) is 0 Å². The van der Waals surface area contributed by atoms with Crippen LogP contribution in [0.25, 0.3) is 0 Å². The summed E-state index contributed by atoms with van der Waals surface area (Å²) >= 11 is 0. The van der Waals surface area contributed by atoms with Crippen LogP contribution in [-0.2, 0) is 19.1 Å². The maximum absolute atomic E-state index is 11.8. The van der Waals surface area contributed by atoms with E-state index in [1.807, 2.05) is 0 Å². The number of ketones is 1. The molecule has 0 unspecified atom stereocenters. The van der Waals surface area contributed by atoms with Gasteiger partial charge in [-0.3, -0.25) is 9.59 Å². The number of carbonyl (C=O) groups is 3. The molecule has 0 aromatic heterocycles. The molecule has 0 saturated carbocycles. The van der Waals surface area contributed by atoms with Gasteiger partial charge in [0.1, 0.15) is 17.3 Å². The molecule has 0 bridgehead atoms. The molecule has 1 aliphatic heterocycles. The molecular formula is C11H16O4. The molecule has 0 radical (unpaired) electrons. The first kappa shape index (κ1) is 11.9. The van der Waals surface area contributed by atoms with Crippen molar-refractivity contribution in [3.63, 3.8) is 0 Å². The average molecular weight is 212 g/mol. The topological polar surface area (TPSA) is 60.4 Å². The minimum absolute atomic E-state index is 0.134. The van der Waals surface area contributed by atoms with E-state index in [4.69, 9.17) is 4.74 Å². The maximum atomic E-state index is 11.8. The Labute approximate surface area is 89.0 Å². The molecule has 0 aromatic rings. The normalized spacial score (nSPS) is 29.8. The van der Waals surface area contributed by atoms with Crippen LogP contribution < -0.4 is 0 Å². The van der Waals surface area contributed by atoms with Gasteiger partial charge in [0.25, 0.3) is 0 Å². The fourth-order valence-corrected chi connectivity index (χ4v) is 1.68. The van der Waals surface area contributed by atoms with E-state index in [1.165, 1.54) is 0 Å². The quantitative estimate of drug-likeness (QED) is 0.401. The highest BCUT2D eigenvalue weighted by molar-refractivity contribution is 6.05. The lowest BCUT2D eigenvalue weighted by molar-refractivity contribution is -0.182. The fraction of sp³-hybridized carbons (Fsp3) is 0.727. The van der Waals surface area contributed by atoms with Crippen molar-refractivity contribution in [2.45, 2.75) is 45.6 Å². The third-order valence-electron chi connectivity index (χ3n) is 2.78. The van der Waals surface area contributed by atoms with Crippen molar-refractivity contribution in [1.82, 2.24) is 0 Å². The number of esters is 1. The van der Waals surface area contributed by atoms with Gasteiger partial charge in [0, 0.05) is 12.8 Å². The van der Waals surface area contributed by atoms with E-state index in [-0.39, 0.29) is 25.0 Å². The Morgan fingerprint density at radius 3 is 2.40 bits per heavy atom. The molecule has 1 saturated heterocycles. The Morgan fingerprint density at radius 1 is 1.33 bits per heavy atom. The largest absolute Gasteiger partial charge is 0.458 e. The van der Waals surface area contributed by atoms with Crippen LogP contribution >= 0.6 is 0 Å². The minimum atomic E-state index is -1.13. The zero-order chi connectivity index (χ0) is 11.7. The number of rotatable bonds is 3. The van der Waals surface area contributed by atoms with Crippen LogP contribution in [0.3, 0.4) is 0 Å². The summed E-state index contributed by atoms with van der Waals surface area (Å²) in [6.45, 7) is 4.97. The van der Waals surface area contributed by atoms with Crippen molar-refractivity contribution in [3.05, 3.63) is 0 Å². The third-order valence-corrected chi connectivity index (χ3v) is 2.78. The highest BCUT2D eigenvalue weighted by Crippen LogP contribution is 2.37. The Hall–Kier alpha value is -1.19. The molecule has 1 atom stereocenters. The summed E-state index contributed by atoms with van der Waals surface area (Å²) in [4.78, 5) is 33.8. The predicted octanol–water partition coefficient (Wildman–Crippen LogP) is 1.27. The van der Waals surface area contributed by atoms with Crippen molar-refractivity contribution >= 4 is 18.0 Å². The summed E-state index contributed by atoms with van der Waals surface area (Å²) < 4.78 is 5.18. The molecule has 84 valence electrons. The van der Waals surface area contributed by atoms with E-state index in [0.29, 0.717) is 6.29 Å². The van der Waals surface area contributed by atoms with Crippen LogP contribution in [0.5, 0.6) is 0 Å². The molecule has 0 aromatic carbocycles. The Kier molecular flexibility index (Phi) is 2.98. The van der Waals surface area contributed by atoms with Gasteiger partial charge < -0.3 is 9.53 Å². The number of cyclic esters (lactones) is 1. The van der Waals surface area contributed by atoms with Gasteiger partial charge in [0.2, 0.25) is 0 Å². The highest BCUT2D eigenvalue weighted by Gasteiger charge is 2.50. The van der Waals surface area contributed by atoms with E-state index < -0.39 is 17.0 Å². The van der Waals surface area contributed by atoms with Gasteiger partial charge in [0.05, 0.1) is 0 Å². The predicted molar refractivity (Wildman–Crippen MR) is 53.2 cm³/mol. The number of hydrogen-bond donors (Lipinski definition) is 0. The van der Waals surface area contributed by atoms with E-state index in [1.54, 1.807) is 20.8 Å². The molecule has 4 nitrogen and oxygen atoms in total. The lowest BCUT2D eigenvalue weighted by atomic mass is 9.75. The number of carbonyl (C=O) groups excluding carboxylic acids is 3. The molecule has 15 heavy (non-hydrogen) atoms. The lowest BCUT2D eigenvalue weighted by Crippen LogP contribution is -2.50. The van der Waals surface area contributed by atoms with E-state index >= 15 is 0 Å². The molecule has 1 heterocycles. The number of hydrogen-bond acceptors (Lipinski definition) is 4. The van der Waals surface area contributed by atoms with Crippen molar-refractivity contribution in [3.8, 4) is 0 Å². The zero-order valence-corrected chi connectivity index (χ0v) is 9.33. The SMILES string of the molecule is CC1(C)CC(=O)[C@@](C)(CCC=O)C(=O)O1. The van der Waals surface area contributed by atoms with Gasteiger partial charge in [-0.15, -0.1) is 0 Å². The standard InChI is InChI=1S/C11H16O4/c1-10(2)7-8(13)11(3,5-4-6-12)9(14)15-10/h6H,4-5,7H2,1-3H3/t11-/m1/s1. The molecule has 0 spiro atoms. The van der Waals surface area contributed by atoms with Crippen LogP contribution in [0.15, 0.2) is 0 Å². The molecule has 4 heteroatoms. The summed E-state index contributed by atoms with van der Waals surface area (Å²) in [5.41, 5.74) is -1.84. The fourth-order valence-electron chi connectivity index (χ4n) is 1.68. The summed E-state index contributed by atoms with van der Waals surface area (Å²) in [5, 5.41) is 0. The first-order valence-corrected chi connectivity index (χ1v) is 5.02. The van der Waals surface area contributed by atoms with Crippen molar-refractivity contribution in [2.75, 3.05) is 0 Å². The van der Waals surface area contributed by atoms with Gasteiger partial charge in [-0.1, -0.05) is 0 Å². The van der Waals surface area contributed by atoms with E-state index in [9.17, 15) is 14.4 Å². The second-order valence-corrected chi connectivity index (χ2v) is 4.79. The van der Waals surface area contributed by atoms with Crippen LogP contribution in [0, 0.1) is 5.41 Å². The molecular weight excluding hydrogens is 196 g/mol. The molecule has 0 N–H and O–H groups in total. The number of ether oxygens (including phenoxy) is 1. The van der Waals surface area contributed by atoms with Gasteiger partial charge in [-0.25, -0.2) is 0 Å². The molecule has 1 aliphatic rings. The molecule has 1 rings (SSSR count). The third kappa shape index (κ3) is 2.25. The van der Waals surface area contributed by atoms with Gasteiger partial charge in [-0.2, -0.15) is 0 Å². The second-order valence-electron chi connectivity index (χ2n) is 4.79. The summed E-state index contributed by atoms with van der Waals surface area (Å²) in [6.07, 6.45) is 1.38. The maximum Gasteiger partial charge on any atom is 0.319 e. The minimum Gasteiger partial charge on any atom is -0.458 e. The zero-order valence-electron chi connectivity index (χ0n) is 9.33. The Morgan fingerprint density at radius 2 is 1.93 bits per heavy atom. The van der Waals surface area contributed by atoms with E-state index in [0.717, 1.165) is 0 Å². The summed E-state index contributed by atoms with van der Waals surface area (Å²) in [6, 6.07) is 0.